The number of nitrogens with zero attached hydrogens (tertiary/aromatic N) is 2. The van der Waals surface area contributed by atoms with Gasteiger partial charge in [-0.3, -0.25) is 0 Å². The first-order valence-corrected chi connectivity index (χ1v) is 5.20. The molecule has 0 unspecified atom stereocenters. The van der Waals surface area contributed by atoms with Crippen LogP contribution in [-0.2, 0) is 5.41 Å². The molecule has 0 aliphatic heterocycles. The van der Waals surface area contributed by atoms with Crippen molar-refractivity contribution in [2.75, 3.05) is 0 Å². The average Bonchev–Trinajstić information content (AvgIpc) is 1.97. The van der Waals surface area contributed by atoms with Crippen LogP contribution in [0.25, 0.3) is 0 Å². The van der Waals surface area contributed by atoms with Gasteiger partial charge in [-0.1, -0.05) is 11.6 Å². The number of hydrogen-bond donors (Lipinski definition) is 0. The first kappa shape index (κ1) is 9.46. The quantitative estimate of drug-likeness (QED) is 0.730. The van der Waals surface area contributed by atoms with Crippen LogP contribution in [0.1, 0.15) is 25.0 Å². The van der Waals surface area contributed by atoms with Crippen LogP contribution in [0.4, 0.5) is 8.78 Å². The van der Waals surface area contributed by atoms with Gasteiger partial charge >= 0.3 is 0 Å². The van der Waals surface area contributed by atoms with Crippen molar-refractivity contribution in [3.8, 4) is 0 Å². The average molecular weight is 231 g/mol. The molecule has 2 nitrogen and oxygen atoms in total. The lowest BCUT2D eigenvalue weighted by atomic mass is 9.34. The Labute approximate surface area is 90.7 Å². The van der Waals surface area contributed by atoms with E-state index in [-0.39, 0.29) is 5.41 Å². The molecule has 1 aromatic rings. The molecule has 0 amide bonds. The Morgan fingerprint density at radius 1 is 1.27 bits per heavy atom. The monoisotopic (exact) mass is 230 g/mol. The Balaban J connectivity index is 1.84. The number of rotatable bonds is 2. The minimum Gasteiger partial charge on any atom is -0.241 e. The molecule has 80 valence electrons. The molecule has 0 spiro atoms. The topological polar surface area (TPSA) is 25.8 Å². The molecule has 1 heterocycles. The molecular formula is C10H9ClF2N2. The highest BCUT2D eigenvalue weighted by molar-refractivity contribution is 6.29. The van der Waals surface area contributed by atoms with Crippen LogP contribution in [0.3, 0.4) is 0 Å². The van der Waals surface area contributed by atoms with E-state index >= 15 is 0 Å². The van der Waals surface area contributed by atoms with Gasteiger partial charge in [0.15, 0.2) is 0 Å². The summed E-state index contributed by atoms with van der Waals surface area (Å²) in [5.41, 5.74) is -0.00880. The molecule has 3 aliphatic rings. The third-order valence-electron chi connectivity index (χ3n) is 3.71. The van der Waals surface area contributed by atoms with Crippen molar-refractivity contribution in [1.82, 2.24) is 9.97 Å². The maximum atomic E-state index is 12.6. The lowest BCUT2D eigenvalue weighted by Gasteiger charge is -2.69. The van der Waals surface area contributed by atoms with Crippen LogP contribution in [0.15, 0.2) is 12.4 Å². The van der Waals surface area contributed by atoms with Gasteiger partial charge in [0.2, 0.25) is 6.43 Å². The number of halogens is 3. The summed E-state index contributed by atoms with van der Waals surface area (Å²) in [4.78, 5) is 7.91. The van der Waals surface area contributed by atoms with Crippen molar-refractivity contribution in [2.24, 2.45) is 5.41 Å². The van der Waals surface area contributed by atoms with Crippen LogP contribution < -0.4 is 0 Å². The fourth-order valence-electron chi connectivity index (χ4n) is 2.99. The fraction of sp³-hybridized carbons (Fsp3) is 0.600. The summed E-state index contributed by atoms with van der Waals surface area (Å²) in [7, 11) is 0. The minimum atomic E-state index is -2.20. The number of aromatic nitrogens is 2. The zero-order chi connectivity index (χ0) is 10.7. The van der Waals surface area contributed by atoms with Gasteiger partial charge in [-0.05, 0) is 25.3 Å². The van der Waals surface area contributed by atoms with Gasteiger partial charge in [0.25, 0.3) is 0 Å². The molecule has 0 saturated heterocycles. The summed E-state index contributed by atoms with van der Waals surface area (Å²) in [6.45, 7) is 0. The van der Waals surface area contributed by atoms with Crippen LogP contribution in [0, 0.1) is 5.41 Å². The second kappa shape index (κ2) is 2.67. The smallest absolute Gasteiger partial charge is 0.241 e. The van der Waals surface area contributed by atoms with Gasteiger partial charge < -0.3 is 0 Å². The van der Waals surface area contributed by atoms with Gasteiger partial charge in [0, 0.05) is 10.8 Å². The molecule has 0 radical (unpaired) electrons. The molecule has 2 bridgehead atoms. The van der Waals surface area contributed by atoms with Crippen molar-refractivity contribution in [2.45, 2.75) is 31.1 Å². The van der Waals surface area contributed by atoms with E-state index in [0.717, 1.165) is 5.69 Å². The summed E-state index contributed by atoms with van der Waals surface area (Å²) in [5, 5.41) is 0.385. The predicted octanol–water partition coefficient (Wildman–Crippen LogP) is 2.82. The Morgan fingerprint density at radius 2 is 1.93 bits per heavy atom. The summed E-state index contributed by atoms with van der Waals surface area (Å²) in [6.07, 6.45) is 0.838. The highest BCUT2D eigenvalue weighted by Crippen LogP contribution is 2.75. The Morgan fingerprint density at radius 3 is 2.47 bits per heavy atom. The molecule has 0 aromatic carbocycles. The number of alkyl halides is 2. The lowest BCUT2D eigenvalue weighted by molar-refractivity contribution is -0.223. The third kappa shape index (κ3) is 1.08. The Bertz CT molecular complexity index is 402. The van der Waals surface area contributed by atoms with E-state index in [1.807, 2.05) is 0 Å². The molecular weight excluding hydrogens is 222 g/mol. The predicted molar refractivity (Wildman–Crippen MR) is 51.0 cm³/mol. The van der Waals surface area contributed by atoms with Crippen molar-refractivity contribution in [3.63, 3.8) is 0 Å². The van der Waals surface area contributed by atoms with E-state index in [2.05, 4.69) is 9.97 Å². The second-order valence-corrected chi connectivity index (χ2v) is 5.09. The molecule has 3 saturated carbocycles. The maximum Gasteiger partial charge on any atom is 0.244 e. The SMILES string of the molecule is FC(F)C12CC(c3cc(Cl)ncn3)(C1)C2. The highest BCUT2D eigenvalue weighted by Gasteiger charge is 2.73. The summed E-state index contributed by atoms with van der Waals surface area (Å²) >= 11 is 5.75. The standard InChI is InChI=1S/C10H9ClF2N2/c11-7-1-6(14-5-15-7)9-2-10(3-9,4-9)8(12)13/h1,5,8H,2-4H2. The first-order valence-electron chi connectivity index (χ1n) is 4.83. The first-order chi connectivity index (χ1) is 7.06. The zero-order valence-corrected chi connectivity index (χ0v) is 8.64. The lowest BCUT2D eigenvalue weighted by Crippen LogP contribution is -2.67. The molecule has 4 rings (SSSR count). The third-order valence-corrected chi connectivity index (χ3v) is 3.92. The zero-order valence-electron chi connectivity index (χ0n) is 7.88. The molecule has 1 aromatic heterocycles. The largest absolute Gasteiger partial charge is 0.244 e. The number of hydrogen-bond acceptors (Lipinski definition) is 2. The fourth-order valence-corrected chi connectivity index (χ4v) is 3.14. The van der Waals surface area contributed by atoms with E-state index in [1.54, 1.807) is 6.07 Å². The minimum absolute atomic E-state index is 0.122. The van der Waals surface area contributed by atoms with E-state index in [1.165, 1.54) is 6.33 Å². The molecule has 0 N–H and O–H groups in total. The van der Waals surface area contributed by atoms with Crippen molar-refractivity contribution in [3.05, 3.63) is 23.2 Å². The second-order valence-electron chi connectivity index (χ2n) is 4.70. The summed E-state index contributed by atoms with van der Waals surface area (Å²) in [5.74, 6) is 0. The highest BCUT2D eigenvalue weighted by atomic mass is 35.5. The Kier molecular flexibility index (Phi) is 1.68. The van der Waals surface area contributed by atoms with E-state index in [4.69, 9.17) is 11.6 Å². The molecule has 15 heavy (non-hydrogen) atoms. The van der Waals surface area contributed by atoms with Gasteiger partial charge in [-0.15, -0.1) is 0 Å². The van der Waals surface area contributed by atoms with Crippen molar-refractivity contribution in [1.29, 1.82) is 0 Å². The van der Waals surface area contributed by atoms with Crippen molar-refractivity contribution >= 4 is 11.6 Å². The molecule has 0 atom stereocenters. The Hall–Kier alpha value is -0.770. The van der Waals surface area contributed by atoms with E-state index in [9.17, 15) is 8.78 Å². The van der Waals surface area contributed by atoms with E-state index in [0.29, 0.717) is 24.4 Å². The molecule has 3 fully saturated rings. The van der Waals surface area contributed by atoms with Crippen LogP contribution >= 0.6 is 11.6 Å². The van der Waals surface area contributed by atoms with Gasteiger partial charge in [0.05, 0.1) is 5.69 Å². The van der Waals surface area contributed by atoms with Gasteiger partial charge in [-0.2, -0.15) is 0 Å². The molecule has 5 heteroatoms. The van der Waals surface area contributed by atoms with Crippen LogP contribution in [0.2, 0.25) is 5.15 Å². The molecule has 3 aliphatic carbocycles. The van der Waals surface area contributed by atoms with Gasteiger partial charge in [-0.25, -0.2) is 18.7 Å². The normalized spacial score (nSPS) is 37.3. The van der Waals surface area contributed by atoms with Crippen LogP contribution in [0.5, 0.6) is 0 Å². The van der Waals surface area contributed by atoms with Crippen molar-refractivity contribution < 1.29 is 8.78 Å². The summed E-state index contributed by atoms with van der Waals surface area (Å²) in [6, 6.07) is 1.69. The van der Waals surface area contributed by atoms with Gasteiger partial charge in [0.1, 0.15) is 11.5 Å². The maximum absolute atomic E-state index is 12.6. The summed E-state index contributed by atoms with van der Waals surface area (Å²) < 4.78 is 25.2. The van der Waals surface area contributed by atoms with E-state index < -0.39 is 11.8 Å². The van der Waals surface area contributed by atoms with Crippen LogP contribution in [-0.4, -0.2) is 16.4 Å².